The second-order valence-corrected chi connectivity index (χ2v) is 5.46. The normalized spacial score (nSPS) is 26.2. The van der Waals surface area contributed by atoms with E-state index in [9.17, 15) is 0 Å². The summed E-state index contributed by atoms with van der Waals surface area (Å²) in [5.41, 5.74) is 1.76. The first-order valence-electron chi connectivity index (χ1n) is 7.00. The molecule has 2 aromatic rings. The monoisotopic (exact) mass is 259 g/mol. The van der Waals surface area contributed by atoms with Crippen LogP contribution in [0.25, 0.3) is 11.0 Å². The van der Waals surface area contributed by atoms with Crippen LogP contribution in [0.2, 0.25) is 0 Å². The van der Waals surface area contributed by atoms with Crippen molar-refractivity contribution in [2.45, 2.75) is 44.0 Å². The minimum Gasteiger partial charge on any atom is -0.463 e. The number of pyridine rings is 1. The predicted octanol–water partition coefficient (Wildman–Crippen LogP) is 3.58. The quantitative estimate of drug-likeness (QED) is 0.785. The van der Waals surface area contributed by atoms with Gasteiger partial charge in [0.1, 0.15) is 6.10 Å². The van der Waals surface area contributed by atoms with E-state index in [1.165, 1.54) is 19.3 Å². The SMILES string of the molecule is c1cc2cc(C3COC4(CCCCC4)O3)ncc2o1. The number of aromatic nitrogens is 1. The van der Waals surface area contributed by atoms with Gasteiger partial charge in [-0.1, -0.05) is 6.42 Å². The van der Waals surface area contributed by atoms with Crippen LogP contribution in [-0.4, -0.2) is 17.4 Å². The third kappa shape index (κ3) is 1.95. The number of fused-ring (bicyclic) bond motifs is 1. The highest BCUT2D eigenvalue weighted by Crippen LogP contribution is 2.42. The molecule has 0 N–H and O–H groups in total. The van der Waals surface area contributed by atoms with Crippen molar-refractivity contribution in [3.63, 3.8) is 0 Å². The standard InChI is InChI=1S/C15H17NO3/c1-2-5-15(6-3-1)18-10-14(19-15)12-8-11-4-7-17-13(11)9-16-12/h4,7-9,14H,1-3,5-6,10H2. The van der Waals surface area contributed by atoms with Gasteiger partial charge in [0, 0.05) is 18.2 Å². The van der Waals surface area contributed by atoms with Crippen molar-refractivity contribution < 1.29 is 13.9 Å². The van der Waals surface area contributed by atoms with Gasteiger partial charge in [0.05, 0.1) is 24.8 Å². The smallest absolute Gasteiger partial charge is 0.169 e. The Morgan fingerprint density at radius 1 is 1.21 bits per heavy atom. The molecule has 2 aromatic heterocycles. The van der Waals surface area contributed by atoms with Crippen molar-refractivity contribution in [1.29, 1.82) is 0 Å². The Kier molecular flexibility index (Phi) is 2.60. The first kappa shape index (κ1) is 11.4. The number of hydrogen-bond donors (Lipinski definition) is 0. The van der Waals surface area contributed by atoms with Gasteiger partial charge in [0.15, 0.2) is 11.4 Å². The number of rotatable bonds is 1. The van der Waals surface area contributed by atoms with E-state index in [0.29, 0.717) is 6.61 Å². The maximum absolute atomic E-state index is 6.19. The molecule has 0 radical (unpaired) electrons. The summed E-state index contributed by atoms with van der Waals surface area (Å²) in [4.78, 5) is 4.44. The minimum atomic E-state index is -0.337. The van der Waals surface area contributed by atoms with Gasteiger partial charge in [-0.05, 0) is 25.0 Å². The van der Waals surface area contributed by atoms with E-state index in [-0.39, 0.29) is 11.9 Å². The van der Waals surface area contributed by atoms with E-state index >= 15 is 0 Å². The van der Waals surface area contributed by atoms with Gasteiger partial charge in [-0.15, -0.1) is 0 Å². The summed E-state index contributed by atoms with van der Waals surface area (Å²) in [6.07, 6.45) is 9.11. The van der Waals surface area contributed by atoms with Crippen molar-refractivity contribution in [3.05, 3.63) is 30.3 Å². The summed E-state index contributed by atoms with van der Waals surface area (Å²) in [7, 11) is 0. The highest BCUT2D eigenvalue weighted by atomic mass is 16.7. The first-order chi connectivity index (χ1) is 9.35. The average Bonchev–Trinajstić information content (AvgIpc) is 3.06. The van der Waals surface area contributed by atoms with Crippen LogP contribution in [0, 0.1) is 0 Å². The zero-order valence-corrected chi connectivity index (χ0v) is 10.8. The number of nitrogens with zero attached hydrogens (tertiary/aromatic N) is 1. The molecule has 0 bridgehead atoms. The maximum atomic E-state index is 6.19. The Hall–Kier alpha value is -1.39. The lowest BCUT2D eigenvalue weighted by molar-refractivity contribution is -0.188. The van der Waals surface area contributed by atoms with E-state index in [4.69, 9.17) is 13.9 Å². The molecule has 1 saturated carbocycles. The number of furan rings is 1. The fourth-order valence-electron chi connectivity index (χ4n) is 3.11. The molecular weight excluding hydrogens is 242 g/mol. The lowest BCUT2D eigenvalue weighted by Gasteiger charge is -2.31. The Labute approximate surface area is 111 Å². The number of ether oxygens (including phenoxy) is 2. The molecule has 0 aromatic carbocycles. The summed E-state index contributed by atoms with van der Waals surface area (Å²) < 4.78 is 17.5. The molecule has 19 heavy (non-hydrogen) atoms. The van der Waals surface area contributed by atoms with E-state index < -0.39 is 0 Å². The Bertz CT molecular complexity index is 586. The van der Waals surface area contributed by atoms with Crippen LogP contribution in [0.1, 0.15) is 43.9 Å². The molecule has 1 spiro atoms. The van der Waals surface area contributed by atoms with Crippen LogP contribution in [0.3, 0.4) is 0 Å². The van der Waals surface area contributed by atoms with Crippen molar-refractivity contribution in [2.75, 3.05) is 6.61 Å². The molecule has 1 aliphatic carbocycles. The topological polar surface area (TPSA) is 44.5 Å². The summed E-state index contributed by atoms with van der Waals surface area (Å²) in [6, 6.07) is 3.99. The van der Waals surface area contributed by atoms with Gasteiger partial charge in [0.2, 0.25) is 0 Å². The van der Waals surface area contributed by atoms with Gasteiger partial charge in [-0.3, -0.25) is 4.98 Å². The molecule has 100 valence electrons. The zero-order valence-electron chi connectivity index (χ0n) is 10.8. The average molecular weight is 259 g/mol. The van der Waals surface area contributed by atoms with E-state index in [1.54, 1.807) is 12.5 Å². The van der Waals surface area contributed by atoms with Crippen molar-refractivity contribution in [1.82, 2.24) is 4.98 Å². The first-order valence-corrected chi connectivity index (χ1v) is 7.00. The van der Waals surface area contributed by atoms with E-state index in [0.717, 1.165) is 29.5 Å². The Balaban J connectivity index is 1.59. The molecule has 3 heterocycles. The molecule has 2 aliphatic rings. The third-order valence-electron chi connectivity index (χ3n) is 4.16. The van der Waals surface area contributed by atoms with Gasteiger partial charge in [-0.25, -0.2) is 0 Å². The second kappa shape index (κ2) is 4.32. The highest BCUT2D eigenvalue weighted by molar-refractivity contribution is 5.76. The van der Waals surface area contributed by atoms with Crippen LogP contribution in [0.5, 0.6) is 0 Å². The molecule has 0 amide bonds. The van der Waals surface area contributed by atoms with Crippen LogP contribution >= 0.6 is 0 Å². The molecule has 1 atom stereocenters. The van der Waals surface area contributed by atoms with Gasteiger partial charge < -0.3 is 13.9 Å². The molecule has 1 saturated heterocycles. The third-order valence-corrected chi connectivity index (χ3v) is 4.16. The molecule has 4 rings (SSSR count). The van der Waals surface area contributed by atoms with Gasteiger partial charge in [0.25, 0.3) is 0 Å². The van der Waals surface area contributed by atoms with Crippen LogP contribution in [-0.2, 0) is 9.47 Å². The fraction of sp³-hybridized carbons (Fsp3) is 0.533. The largest absolute Gasteiger partial charge is 0.463 e. The van der Waals surface area contributed by atoms with Gasteiger partial charge >= 0.3 is 0 Å². The van der Waals surface area contributed by atoms with E-state index in [1.807, 2.05) is 12.1 Å². The fourth-order valence-corrected chi connectivity index (χ4v) is 3.11. The van der Waals surface area contributed by atoms with Crippen LogP contribution < -0.4 is 0 Å². The lowest BCUT2D eigenvalue weighted by Crippen LogP contribution is -2.32. The van der Waals surface area contributed by atoms with E-state index in [2.05, 4.69) is 4.98 Å². The summed E-state index contributed by atoms with van der Waals surface area (Å²) in [6.45, 7) is 0.607. The van der Waals surface area contributed by atoms with Crippen molar-refractivity contribution in [2.24, 2.45) is 0 Å². The van der Waals surface area contributed by atoms with Crippen molar-refractivity contribution in [3.8, 4) is 0 Å². The predicted molar refractivity (Wildman–Crippen MR) is 69.6 cm³/mol. The zero-order chi connectivity index (χ0) is 12.7. The Morgan fingerprint density at radius 3 is 3.00 bits per heavy atom. The van der Waals surface area contributed by atoms with Gasteiger partial charge in [-0.2, -0.15) is 0 Å². The highest BCUT2D eigenvalue weighted by Gasteiger charge is 2.43. The number of hydrogen-bond acceptors (Lipinski definition) is 4. The lowest BCUT2D eigenvalue weighted by atomic mass is 9.94. The minimum absolute atomic E-state index is 0.0441. The maximum Gasteiger partial charge on any atom is 0.169 e. The molecule has 4 heteroatoms. The molecule has 4 nitrogen and oxygen atoms in total. The summed E-state index contributed by atoms with van der Waals surface area (Å²) in [5.74, 6) is -0.337. The Morgan fingerprint density at radius 2 is 2.11 bits per heavy atom. The second-order valence-electron chi connectivity index (χ2n) is 5.46. The molecular formula is C15H17NO3. The van der Waals surface area contributed by atoms with Crippen molar-refractivity contribution >= 4 is 11.0 Å². The van der Waals surface area contributed by atoms with Crippen LogP contribution in [0.15, 0.2) is 29.0 Å². The molecule has 1 unspecified atom stereocenters. The summed E-state index contributed by atoms with van der Waals surface area (Å²) >= 11 is 0. The molecule has 1 aliphatic heterocycles. The van der Waals surface area contributed by atoms with Crippen LogP contribution in [0.4, 0.5) is 0 Å². The summed E-state index contributed by atoms with van der Waals surface area (Å²) in [5, 5.41) is 1.07. The molecule has 2 fully saturated rings.